The van der Waals surface area contributed by atoms with Gasteiger partial charge in [-0.1, -0.05) is 91.6 Å². The van der Waals surface area contributed by atoms with Gasteiger partial charge in [0.05, 0.1) is 62.5 Å². The molecule has 80 heavy (non-hydrogen) atoms. The molecule has 23 heteroatoms. The van der Waals surface area contributed by atoms with Crippen LogP contribution < -0.4 is 27.2 Å². The predicted octanol–water partition coefficient (Wildman–Crippen LogP) is 4.41. The highest BCUT2D eigenvalue weighted by atomic mass is 32.1. The number of likely N-dealkylation sites (N-methyl/N-ethyl adjacent to an activating group) is 2. The lowest BCUT2D eigenvalue weighted by molar-refractivity contribution is -0.148. The molecule has 7 N–H and O–H groups in total. The Hall–Kier alpha value is -5.59. The quantitative estimate of drug-likeness (QED) is 0.0401. The Morgan fingerprint density at radius 1 is 0.838 bits per heavy atom. The fourth-order valence-electron chi connectivity index (χ4n) is 10.4. The smallest absolute Gasteiger partial charge is 0.303 e. The predicted molar refractivity (Wildman–Crippen MR) is 303 cm³/mol. The SMILES string of the molecule is CCC(C)C(C(CC(=O)N1CCCC1C(OC)C(C)C(=O)NC(Cc1ccccc1)c1nccs1)OC)N(C)C(=O)C(NC(=O)C(C(C)C)N(C)C(=O)CCCCCC(=O)NC(CCC(=O)O)C(=O)NCCOCCON)C(C)C. The zero-order valence-corrected chi connectivity index (χ0v) is 49.9. The summed E-state index contributed by atoms with van der Waals surface area (Å²) in [6, 6.07) is 5.61. The first kappa shape index (κ1) is 68.7. The molecule has 10 atom stereocenters. The van der Waals surface area contributed by atoms with E-state index in [0.29, 0.717) is 45.1 Å². The molecule has 1 aliphatic heterocycles. The minimum Gasteiger partial charge on any atom is -0.481 e. The van der Waals surface area contributed by atoms with Crippen LogP contribution in [0.3, 0.4) is 0 Å². The van der Waals surface area contributed by atoms with E-state index in [9.17, 15) is 43.5 Å². The molecule has 22 nitrogen and oxygen atoms in total. The molecule has 1 aliphatic rings. The van der Waals surface area contributed by atoms with Crippen LogP contribution in [0.4, 0.5) is 0 Å². The van der Waals surface area contributed by atoms with Gasteiger partial charge in [-0.25, -0.2) is 10.9 Å². The lowest BCUT2D eigenvalue weighted by Gasteiger charge is -2.41. The molecule has 0 bridgehead atoms. The molecule has 0 aliphatic carbocycles. The third-order valence-electron chi connectivity index (χ3n) is 15.0. The van der Waals surface area contributed by atoms with E-state index in [-0.39, 0.29) is 106 Å². The summed E-state index contributed by atoms with van der Waals surface area (Å²) in [7, 11) is 6.32. The van der Waals surface area contributed by atoms with Crippen molar-refractivity contribution >= 4 is 58.7 Å². The van der Waals surface area contributed by atoms with E-state index in [1.54, 1.807) is 37.2 Å². The van der Waals surface area contributed by atoms with Crippen molar-refractivity contribution < 1.29 is 62.5 Å². The normalized spacial score (nSPS) is 16.8. The fourth-order valence-corrected chi connectivity index (χ4v) is 11.1. The molecular formula is C57H93N9O13S. The number of carboxylic acids is 1. The molecule has 0 spiro atoms. The van der Waals surface area contributed by atoms with E-state index in [1.807, 2.05) is 84.2 Å². The summed E-state index contributed by atoms with van der Waals surface area (Å²) in [5.41, 5.74) is 1.06. The van der Waals surface area contributed by atoms with Gasteiger partial charge in [-0.2, -0.15) is 0 Å². The number of nitrogens with zero attached hydrogens (tertiary/aromatic N) is 4. The topological polar surface area (TPSA) is 290 Å². The number of unbranched alkanes of at least 4 members (excludes halogenated alkanes) is 2. The van der Waals surface area contributed by atoms with E-state index in [1.165, 1.54) is 23.3 Å². The molecule has 450 valence electrons. The number of methoxy groups -OCH3 is 2. The number of ether oxygens (including phenoxy) is 3. The summed E-state index contributed by atoms with van der Waals surface area (Å²) in [5, 5.41) is 23.3. The summed E-state index contributed by atoms with van der Waals surface area (Å²) in [4.78, 5) is 122. The van der Waals surface area contributed by atoms with E-state index < -0.39 is 72.0 Å². The van der Waals surface area contributed by atoms with Crippen molar-refractivity contribution in [3.05, 3.63) is 52.5 Å². The molecule has 0 saturated carbocycles. The van der Waals surface area contributed by atoms with Gasteiger partial charge < -0.3 is 60.1 Å². The number of carbonyl (C=O) groups excluding carboxylic acids is 7. The molecular weight excluding hydrogens is 1050 g/mol. The first-order valence-electron chi connectivity index (χ1n) is 28.2. The van der Waals surface area contributed by atoms with Gasteiger partial charge >= 0.3 is 5.97 Å². The zero-order chi connectivity index (χ0) is 59.5. The van der Waals surface area contributed by atoms with Crippen molar-refractivity contribution in [3.63, 3.8) is 0 Å². The number of thiazole rings is 1. The van der Waals surface area contributed by atoms with E-state index in [0.717, 1.165) is 17.0 Å². The maximum Gasteiger partial charge on any atom is 0.303 e. The van der Waals surface area contributed by atoms with E-state index in [4.69, 9.17) is 20.1 Å². The van der Waals surface area contributed by atoms with Gasteiger partial charge in [0.1, 0.15) is 23.1 Å². The van der Waals surface area contributed by atoms with Gasteiger partial charge in [0.2, 0.25) is 41.4 Å². The van der Waals surface area contributed by atoms with Crippen LogP contribution in [0.25, 0.3) is 0 Å². The van der Waals surface area contributed by atoms with Crippen LogP contribution >= 0.6 is 11.3 Å². The highest BCUT2D eigenvalue weighted by Gasteiger charge is 2.44. The maximum atomic E-state index is 14.7. The Balaban J connectivity index is 1.65. The van der Waals surface area contributed by atoms with Crippen molar-refractivity contribution in [1.82, 2.24) is 41.0 Å². The second kappa shape index (κ2) is 36.0. The molecule has 3 rings (SSSR count). The third kappa shape index (κ3) is 21.7. The lowest BCUT2D eigenvalue weighted by atomic mass is 9.89. The molecule has 1 aromatic heterocycles. The third-order valence-corrected chi connectivity index (χ3v) is 15.9. The summed E-state index contributed by atoms with van der Waals surface area (Å²) in [6.07, 6.45) is 3.87. The standard InChI is InChI=1S/C57H93N9O13S/c1-12-38(6)51(44(76-10)35-47(69)66-29-19-22-43(66)52(77-11)39(7)53(72)62-42(56-60-28-33-80-56)34-40-20-15-13-16-21-40)65(9)57(75)49(36(2)3)63-55(74)50(37(4)5)64(8)46(68)24-18-14-17-23-45(67)61-41(25-26-48(70)71)54(73)59-27-30-78-31-32-79-58/h13,15-16,20-21,28,33,36-39,41-44,49-52H,12,14,17-19,22-27,29-32,34-35,58H2,1-11H3,(H,59,73)(H,61,67)(H,62,72)(H,63,74)(H,70,71). The first-order valence-corrected chi connectivity index (χ1v) is 29.1. The number of rotatable bonds is 38. The largest absolute Gasteiger partial charge is 0.481 e. The van der Waals surface area contributed by atoms with Crippen molar-refractivity contribution in [2.75, 3.05) is 61.2 Å². The number of amides is 7. The highest BCUT2D eigenvalue weighted by molar-refractivity contribution is 7.09. The first-order chi connectivity index (χ1) is 38.1. The van der Waals surface area contributed by atoms with Crippen LogP contribution in [-0.4, -0.2) is 176 Å². The number of hydrogen-bond donors (Lipinski definition) is 6. The van der Waals surface area contributed by atoms with Gasteiger partial charge in [-0.15, -0.1) is 11.3 Å². The molecule has 10 unspecified atom stereocenters. The second-order valence-electron chi connectivity index (χ2n) is 21.5. The number of likely N-dealkylation sites (tertiary alicyclic amines) is 1. The molecule has 0 radical (unpaired) electrons. The van der Waals surface area contributed by atoms with Gasteiger partial charge in [0.25, 0.3) is 0 Å². The average molecular weight is 1140 g/mol. The van der Waals surface area contributed by atoms with Gasteiger partial charge in [-0.05, 0) is 61.8 Å². The highest BCUT2D eigenvalue weighted by Crippen LogP contribution is 2.31. The van der Waals surface area contributed by atoms with Crippen molar-refractivity contribution in [3.8, 4) is 0 Å². The van der Waals surface area contributed by atoms with Crippen LogP contribution in [0.15, 0.2) is 41.9 Å². The maximum absolute atomic E-state index is 14.7. The van der Waals surface area contributed by atoms with Crippen LogP contribution in [0.1, 0.15) is 136 Å². The summed E-state index contributed by atoms with van der Waals surface area (Å²) in [6.45, 7) is 14.3. The number of carboxylic acid groups (broad SMARTS) is 1. The van der Waals surface area contributed by atoms with Crippen LogP contribution in [0, 0.1) is 23.7 Å². The van der Waals surface area contributed by atoms with Gasteiger partial charge in [0.15, 0.2) is 0 Å². The van der Waals surface area contributed by atoms with Crippen molar-refractivity contribution in [2.24, 2.45) is 29.6 Å². The summed E-state index contributed by atoms with van der Waals surface area (Å²) < 4.78 is 17.4. The van der Waals surface area contributed by atoms with Crippen molar-refractivity contribution in [1.29, 1.82) is 0 Å². The Morgan fingerprint density at radius 3 is 2.14 bits per heavy atom. The van der Waals surface area contributed by atoms with E-state index >= 15 is 0 Å². The number of aliphatic carboxylic acids is 1. The molecule has 2 aromatic rings. The molecule has 1 saturated heterocycles. The van der Waals surface area contributed by atoms with E-state index in [2.05, 4.69) is 31.1 Å². The molecule has 1 aromatic carbocycles. The van der Waals surface area contributed by atoms with Gasteiger partial charge in [-0.3, -0.25) is 38.4 Å². The average Bonchev–Trinajstić information content (AvgIpc) is 4.16. The number of carbonyl (C=O) groups is 8. The number of hydrogen-bond acceptors (Lipinski definition) is 15. The Kier molecular flexibility index (Phi) is 30.9. The number of nitrogens with two attached hydrogens (primary N) is 1. The monoisotopic (exact) mass is 1140 g/mol. The zero-order valence-electron chi connectivity index (χ0n) is 49.1. The molecule has 2 heterocycles. The lowest BCUT2D eigenvalue weighted by Crippen LogP contribution is -2.60. The Labute approximate surface area is 477 Å². The number of nitrogens with one attached hydrogen (secondary N) is 4. The minimum absolute atomic E-state index is 0.0409. The fraction of sp³-hybridized carbons (Fsp3) is 0.702. The van der Waals surface area contributed by atoms with Crippen molar-refractivity contribution in [2.45, 2.75) is 174 Å². The van der Waals surface area contributed by atoms with Gasteiger partial charge in [0, 0.05) is 72.2 Å². The minimum atomic E-state index is -1.11. The second-order valence-corrected chi connectivity index (χ2v) is 22.4. The Bertz CT molecular complexity index is 2220. The van der Waals surface area contributed by atoms with Crippen LogP contribution in [0.2, 0.25) is 0 Å². The molecule has 1 fully saturated rings. The summed E-state index contributed by atoms with van der Waals surface area (Å²) >= 11 is 1.48. The summed E-state index contributed by atoms with van der Waals surface area (Å²) in [5.74, 6) is -0.136. The molecule has 7 amide bonds. The number of benzene rings is 1. The van der Waals surface area contributed by atoms with Crippen LogP contribution in [-0.2, 0) is 63.8 Å². The Morgan fingerprint density at radius 2 is 1.54 bits per heavy atom. The van der Waals surface area contributed by atoms with Crippen LogP contribution in [0.5, 0.6) is 0 Å². The number of aromatic nitrogens is 1.